The zero-order valence-electron chi connectivity index (χ0n) is 12.7. The van der Waals surface area contributed by atoms with Gasteiger partial charge in [-0.15, -0.1) is 0 Å². The first-order valence-electron chi connectivity index (χ1n) is 7.91. The van der Waals surface area contributed by atoms with Crippen molar-refractivity contribution in [2.24, 2.45) is 5.41 Å². The Morgan fingerprint density at radius 3 is 2.20 bits per heavy atom. The normalized spacial score (nSPS) is 33.2. The third-order valence-corrected chi connectivity index (χ3v) is 5.44. The van der Waals surface area contributed by atoms with E-state index < -0.39 is 0 Å². The van der Waals surface area contributed by atoms with Gasteiger partial charge in [0.25, 0.3) is 0 Å². The van der Waals surface area contributed by atoms with Gasteiger partial charge in [0.15, 0.2) is 0 Å². The Morgan fingerprint density at radius 2 is 1.65 bits per heavy atom. The van der Waals surface area contributed by atoms with Gasteiger partial charge in [0.1, 0.15) is 5.75 Å². The molecule has 1 spiro atoms. The van der Waals surface area contributed by atoms with Gasteiger partial charge in [0, 0.05) is 0 Å². The summed E-state index contributed by atoms with van der Waals surface area (Å²) in [6.07, 6.45) is 7.60. The maximum atomic E-state index is 9.39. The third-order valence-electron chi connectivity index (χ3n) is 5.44. The number of aromatic hydroxyl groups is 1. The van der Waals surface area contributed by atoms with Crippen LogP contribution in [0, 0.1) is 5.41 Å². The summed E-state index contributed by atoms with van der Waals surface area (Å²) >= 11 is 0. The lowest BCUT2D eigenvalue weighted by Gasteiger charge is -2.47. The van der Waals surface area contributed by atoms with Crippen LogP contribution in [0.4, 0.5) is 0 Å². The molecule has 2 aliphatic rings. The molecule has 0 atom stereocenters. The number of hydrogen-bond acceptors (Lipinski definition) is 2. The molecule has 1 aliphatic heterocycles. The molecule has 110 valence electrons. The number of ether oxygens (including phenoxy) is 1. The van der Waals surface area contributed by atoms with E-state index in [-0.39, 0.29) is 5.60 Å². The third kappa shape index (κ3) is 2.85. The topological polar surface area (TPSA) is 29.5 Å². The molecule has 1 heterocycles. The van der Waals surface area contributed by atoms with E-state index in [4.69, 9.17) is 4.74 Å². The lowest BCUT2D eigenvalue weighted by atomic mass is 9.65. The van der Waals surface area contributed by atoms with Gasteiger partial charge in [-0.2, -0.15) is 0 Å². The van der Waals surface area contributed by atoms with Crippen LogP contribution in [0.5, 0.6) is 5.75 Å². The highest BCUT2D eigenvalue weighted by atomic mass is 16.5. The summed E-state index contributed by atoms with van der Waals surface area (Å²) in [7, 11) is 0. The smallest absolute Gasteiger partial charge is 0.115 e. The summed E-state index contributed by atoms with van der Waals surface area (Å²) in [4.78, 5) is 0. The van der Waals surface area contributed by atoms with Crippen molar-refractivity contribution in [1.29, 1.82) is 0 Å². The highest BCUT2D eigenvalue weighted by Gasteiger charge is 2.41. The second kappa shape index (κ2) is 5.07. The van der Waals surface area contributed by atoms with Crippen molar-refractivity contribution in [1.82, 2.24) is 0 Å². The molecule has 1 saturated heterocycles. The van der Waals surface area contributed by atoms with Gasteiger partial charge in [-0.25, -0.2) is 0 Å². The molecule has 1 N–H and O–H groups in total. The summed E-state index contributed by atoms with van der Waals surface area (Å²) in [5.74, 6) is 1.03. The van der Waals surface area contributed by atoms with Gasteiger partial charge in [-0.1, -0.05) is 12.1 Å². The van der Waals surface area contributed by atoms with Crippen LogP contribution in [-0.4, -0.2) is 17.3 Å². The molecule has 1 aromatic rings. The summed E-state index contributed by atoms with van der Waals surface area (Å²) < 4.78 is 6.08. The average Bonchev–Trinajstić information content (AvgIpc) is 2.45. The molecule has 1 aliphatic carbocycles. The van der Waals surface area contributed by atoms with Crippen LogP contribution >= 0.6 is 0 Å². The Kier molecular flexibility index (Phi) is 3.53. The molecule has 2 fully saturated rings. The molecule has 0 unspecified atom stereocenters. The molecule has 20 heavy (non-hydrogen) atoms. The molecular formula is C18H26O2. The van der Waals surface area contributed by atoms with E-state index in [0.717, 1.165) is 6.61 Å². The van der Waals surface area contributed by atoms with E-state index >= 15 is 0 Å². The van der Waals surface area contributed by atoms with Crippen molar-refractivity contribution in [2.75, 3.05) is 6.61 Å². The second-order valence-electron chi connectivity index (χ2n) is 7.41. The fourth-order valence-electron chi connectivity index (χ4n) is 3.76. The summed E-state index contributed by atoms with van der Waals surface area (Å²) in [6.45, 7) is 5.37. The molecule has 2 nitrogen and oxygen atoms in total. The Morgan fingerprint density at radius 1 is 1.00 bits per heavy atom. The van der Waals surface area contributed by atoms with Crippen molar-refractivity contribution in [3.8, 4) is 5.75 Å². The minimum Gasteiger partial charge on any atom is -0.508 e. The van der Waals surface area contributed by atoms with Gasteiger partial charge < -0.3 is 9.84 Å². The lowest BCUT2D eigenvalue weighted by molar-refractivity contribution is -0.125. The zero-order valence-corrected chi connectivity index (χ0v) is 12.7. The molecule has 3 rings (SSSR count). The van der Waals surface area contributed by atoms with E-state index in [2.05, 4.69) is 26.0 Å². The van der Waals surface area contributed by atoms with E-state index in [0.29, 0.717) is 17.1 Å². The Bertz CT molecular complexity index is 441. The SMILES string of the molecule is CC1(C)CCC2(CCC(c3ccc(O)cc3)CC2)CO1. The van der Waals surface area contributed by atoms with Crippen molar-refractivity contribution < 1.29 is 9.84 Å². The molecular weight excluding hydrogens is 248 g/mol. The van der Waals surface area contributed by atoms with Crippen LogP contribution in [0.25, 0.3) is 0 Å². The number of phenols is 1. The zero-order chi connectivity index (χ0) is 14.2. The molecule has 1 saturated carbocycles. The maximum absolute atomic E-state index is 9.39. The van der Waals surface area contributed by atoms with Gasteiger partial charge >= 0.3 is 0 Å². The largest absolute Gasteiger partial charge is 0.508 e. The van der Waals surface area contributed by atoms with Crippen LogP contribution in [0.15, 0.2) is 24.3 Å². The first kappa shape index (κ1) is 13.9. The Labute approximate surface area is 122 Å². The minimum absolute atomic E-state index is 0.0824. The van der Waals surface area contributed by atoms with Gasteiger partial charge in [-0.3, -0.25) is 0 Å². The van der Waals surface area contributed by atoms with Crippen molar-refractivity contribution in [2.45, 2.75) is 63.9 Å². The van der Waals surface area contributed by atoms with E-state index in [1.807, 2.05) is 12.1 Å². The standard InChI is InChI=1S/C18H26O2/c1-17(2)11-12-18(13-20-17)9-7-15(8-10-18)14-3-5-16(19)6-4-14/h3-6,15,19H,7-13H2,1-2H3. The predicted octanol–water partition coefficient (Wildman–Crippen LogP) is 4.63. The Balaban J connectivity index is 1.61. The maximum Gasteiger partial charge on any atom is 0.115 e. The monoisotopic (exact) mass is 274 g/mol. The van der Waals surface area contributed by atoms with Gasteiger partial charge in [0.05, 0.1) is 12.2 Å². The van der Waals surface area contributed by atoms with Crippen LogP contribution in [0.1, 0.15) is 63.9 Å². The summed E-state index contributed by atoms with van der Waals surface area (Å²) in [6, 6.07) is 7.79. The first-order valence-corrected chi connectivity index (χ1v) is 7.91. The number of phenolic OH excluding ortho intramolecular Hbond substituents is 1. The number of benzene rings is 1. The van der Waals surface area contributed by atoms with E-state index in [9.17, 15) is 5.11 Å². The molecule has 2 heteroatoms. The first-order chi connectivity index (χ1) is 9.48. The highest BCUT2D eigenvalue weighted by Crippen LogP contribution is 2.49. The van der Waals surface area contributed by atoms with Crippen molar-refractivity contribution >= 4 is 0 Å². The Hall–Kier alpha value is -1.02. The van der Waals surface area contributed by atoms with E-state index in [1.165, 1.54) is 44.1 Å². The summed E-state index contributed by atoms with van der Waals surface area (Å²) in [5.41, 5.74) is 1.91. The van der Waals surface area contributed by atoms with Crippen LogP contribution in [0.2, 0.25) is 0 Å². The average molecular weight is 274 g/mol. The lowest BCUT2D eigenvalue weighted by Crippen LogP contribution is -2.42. The van der Waals surface area contributed by atoms with Crippen molar-refractivity contribution in [3.05, 3.63) is 29.8 Å². The molecule has 0 bridgehead atoms. The van der Waals surface area contributed by atoms with Crippen LogP contribution in [0.3, 0.4) is 0 Å². The molecule has 0 amide bonds. The molecule has 1 aromatic carbocycles. The summed E-state index contributed by atoms with van der Waals surface area (Å²) in [5, 5.41) is 9.39. The van der Waals surface area contributed by atoms with Crippen LogP contribution < -0.4 is 0 Å². The fraction of sp³-hybridized carbons (Fsp3) is 0.667. The van der Waals surface area contributed by atoms with Gasteiger partial charge in [0.2, 0.25) is 0 Å². The van der Waals surface area contributed by atoms with E-state index in [1.54, 1.807) is 0 Å². The second-order valence-corrected chi connectivity index (χ2v) is 7.41. The fourth-order valence-corrected chi connectivity index (χ4v) is 3.76. The van der Waals surface area contributed by atoms with Gasteiger partial charge in [-0.05, 0) is 81.4 Å². The highest BCUT2D eigenvalue weighted by molar-refractivity contribution is 5.28. The predicted molar refractivity (Wildman–Crippen MR) is 81.0 cm³/mol. The number of rotatable bonds is 1. The number of hydrogen-bond donors (Lipinski definition) is 1. The molecule has 0 aromatic heterocycles. The minimum atomic E-state index is 0.0824. The van der Waals surface area contributed by atoms with Crippen molar-refractivity contribution in [3.63, 3.8) is 0 Å². The molecule has 0 radical (unpaired) electrons. The quantitative estimate of drug-likeness (QED) is 0.809. The van der Waals surface area contributed by atoms with Crippen LogP contribution in [-0.2, 0) is 4.74 Å².